The number of aromatic nitrogens is 1. The maximum atomic E-state index is 13.1. The molecule has 0 aliphatic carbocycles. The fraction of sp³-hybridized carbons (Fsp3) is 0.154. The zero-order valence-corrected chi connectivity index (χ0v) is 11.2. The van der Waals surface area contributed by atoms with Crippen LogP contribution in [0.3, 0.4) is 0 Å². The summed E-state index contributed by atoms with van der Waals surface area (Å²) < 4.78 is 39.9. The molecule has 1 aromatic carbocycles. The molecular weight excluding hydrogens is 321 g/mol. The molecule has 0 amide bonds. The van der Waals surface area contributed by atoms with Crippen LogP contribution < -0.4 is 5.32 Å². The van der Waals surface area contributed by atoms with Crippen molar-refractivity contribution in [3.63, 3.8) is 0 Å². The molecule has 1 atom stereocenters. The van der Waals surface area contributed by atoms with Gasteiger partial charge in [0.05, 0.1) is 5.69 Å². The smallest absolute Gasteiger partial charge is 0.369 e. The van der Waals surface area contributed by atoms with Gasteiger partial charge in [-0.1, -0.05) is 18.2 Å². The van der Waals surface area contributed by atoms with Crippen molar-refractivity contribution in [3.05, 3.63) is 58.8 Å². The predicted octanol–water partition coefficient (Wildman–Crippen LogP) is 4.56. The van der Waals surface area contributed by atoms with Crippen molar-refractivity contribution in [2.75, 3.05) is 5.32 Å². The lowest BCUT2D eigenvalue weighted by molar-refractivity contribution is -0.144. The molecule has 0 aliphatic heterocycles. The molecule has 1 heterocycles. The SMILES string of the molecule is FC(F)(F)C(Nc1ccccc1)c1ccc(Br)cn1. The van der Waals surface area contributed by atoms with E-state index in [9.17, 15) is 13.2 Å². The maximum absolute atomic E-state index is 13.1. The van der Waals surface area contributed by atoms with Gasteiger partial charge in [0, 0.05) is 16.4 Å². The van der Waals surface area contributed by atoms with Crippen LogP contribution in [-0.2, 0) is 0 Å². The third kappa shape index (κ3) is 3.70. The Balaban J connectivity index is 2.29. The third-order valence-electron chi connectivity index (χ3n) is 2.46. The molecule has 0 radical (unpaired) electrons. The molecule has 19 heavy (non-hydrogen) atoms. The second kappa shape index (κ2) is 5.61. The highest BCUT2D eigenvalue weighted by atomic mass is 79.9. The fourth-order valence-corrected chi connectivity index (χ4v) is 1.82. The number of halogens is 4. The number of para-hydroxylation sites is 1. The summed E-state index contributed by atoms with van der Waals surface area (Å²) in [7, 11) is 0. The highest BCUT2D eigenvalue weighted by Crippen LogP contribution is 2.34. The van der Waals surface area contributed by atoms with E-state index in [-0.39, 0.29) is 5.69 Å². The zero-order chi connectivity index (χ0) is 13.9. The molecule has 100 valence electrons. The second-order valence-electron chi connectivity index (χ2n) is 3.89. The van der Waals surface area contributed by atoms with Gasteiger partial charge in [0.15, 0.2) is 6.04 Å². The van der Waals surface area contributed by atoms with Gasteiger partial charge in [-0.05, 0) is 40.2 Å². The Morgan fingerprint density at radius 2 is 1.74 bits per heavy atom. The lowest BCUT2D eigenvalue weighted by atomic mass is 10.1. The van der Waals surface area contributed by atoms with Crippen molar-refractivity contribution in [1.82, 2.24) is 4.98 Å². The molecule has 2 nitrogen and oxygen atoms in total. The van der Waals surface area contributed by atoms with Gasteiger partial charge in [-0.2, -0.15) is 13.2 Å². The summed E-state index contributed by atoms with van der Waals surface area (Å²) >= 11 is 3.15. The monoisotopic (exact) mass is 330 g/mol. The van der Waals surface area contributed by atoms with E-state index in [0.717, 1.165) is 0 Å². The molecule has 1 aromatic heterocycles. The minimum Gasteiger partial charge on any atom is -0.369 e. The third-order valence-corrected chi connectivity index (χ3v) is 2.93. The molecule has 0 saturated heterocycles. The summed E-state index contributed by atoms with van der Waals surface area (Å²) in [4.78, 5) is 3.81. The number of nitrogens with one attached hydrogen (secondary N) is 1. The van der Waals surface area contributed by atoms with Crippen LogP contribution in [0.25, 0.3) is 0 Å². The van der Waals surface area contributed by atoms with Crippen molar-refractivity contribution in [2.24, 2.45) is 0 Å². The molecule has 0 bridgehead atoms. The molecule has 0 spiro atoms. The average Bonchev–Trinajstić information content (AvgIpc) is 2.37. The van der Waals surface area contributed by atoms with Gasteiger partial charge in [0.1, 0.15) is 0 Å². The van der Waals surface area contributed by atoms with Crippen LogP contribution >= 0.6 is 15.9 Å². The number of benzene rings is 1. The molecule has 1 unspecified atom stereocenters. The van der Waals surface area contributed by atoms with Gasteiger partial charge in [-0.25, -0.2) is 0 Å². The number of nitrogens with zero attached hydrogens (tertiary/aromatic N) is 1. The van der Waals surface area contributed by atoms with Crippen LogP contribution in [0.4, 0.5) is 18.9 Å². The number of hydrogen-bond acceptors (Lipinski definition) is 2. The molecular formula is C13H10BrF3N2. The lowest BCUT2D eigenvalue weighted by Crippen LogP contribution is -2.28. The van der Waals surface area contributed by atoms with Crippen molar-refractivity contribution in [2.45, 2.75) is 12.2 Å². The van der Waals surface area contributed by atoms with Gasteiger partial charge in [0.25, 0.3) is 0 Å². The van der Waals surface area contributed by atoms with Crippen LogP contribution in [0, 0.1) is 0 Å². The number of hydrogen-bond donors (Lipinski definition) is 1. The quantitative estimate of drug-likeness (QED) is 0.892. The molecule has 0 aliphatic rings. The number of rotatable bonds is 3. The first-order chi connectivity index (χ1) is 8.97. The van der Waals surface area contributed by atoms with Crippen molar-refractivity contribution in [3.8, 4) is 0 Å². The first-order valence-electron chi connectivity index (χ1n) is 5.46. The number of alkyl halides is 3. The van der Waals surface area contributed by atoms with Crippen LogP contribution in [0.15, 0.2) is 53.1 Å². The van der Waals surface area contributed by atoms with Crippen LogP contribution in [0.1, 0.15) is 11.7 Å². The van der Waals surface area contributed by atoms with Gasteiger partial charge >= 0.3 is 6.18 Å². The Bertz CT molecular complexity index is 526. The van der Waals surface area contributed by atoms with Gasteiger partial charge in [0.2, 0.25) is 0 Å². The fourth-order valence-electron chi connectivity index (χ4n) is 1.58. The van der Waals surface area contributed by atoms with Gasteiger partial charge < -0.3 is 5.32 Å². The van der Waals surface area contributed by atoms with E-state index < -0.39 is 12.2 Å². The Morgan fingerprint density at radius 1 is 1.05 bits per heavy atom. The van der Waals surface area contributed by atoms with Crippen LogP contribution in [-0.4, -0.2) is 11.2 Å². The van der Waals surface area contributed by atoms with Crippen LogP contribution in [0.2, 0.25) is 0 Å². The van der Waals surface area contributed by atoms with E-state index in [4.69, 9.17) is 0 Å². The molecule has 0 saturated carbocycles. The molecule has 2 rings (SSSR count). The number of anilines is 1. The van der Waals surface area contributed by atoms with Gasteiger partial charge in [-0.15, -0.1) is 0 Å². The second-order valence-corrected chi connectivity index (χ2v) is 4.80. The minimum atomic E-state index is -4.42. The summed E-state index contributed by atoms with van der Waals surface area (Å²) in [6.45, 7) is 0. The lowest BCUT2D eigenvalue weighted by Gasteiger charge is -2.22. The summed E-state index contributed by atoms with van der Waals surface area (Å²) in [5.74, 6) is 0. The van der Waals surface area contributed by atoms with E-state index in [0.29, 0.717) is 10.2 Å². The van der Waals surface area contributed by atoms with E-state index in [1.54, 1.807) is 30.3 Å². The average molecular weight is 331 g/mol. The Labute approximate surface area is 116 Å². The summed E-state index contributed by atoms with van der Waals surface area (Å²) in [5.41, 5.74) is 0.328. The first kappa shape index (κ1) is 13.9. The minimum absolute atomic E-state index is 0.0699. The highest BCUT2D eigenvalue weighted by Gasteiger charge is 2.41. The Hall–Kier alpha value is -1.56. The Morgan fingerprint density at radius 3 is 2.26 bits per heavy atom. The topological polar surface area (TPSA) is 24.9 Å². The van der Waals surface area contributed by atoms with Crippen LogP contribution in [0.5, 0.6) is 0 Å². The molecule has 2 aromatic rings. The van der Waals surface area contributed by atoms with Crippen molar-refractivity contribution < 1.29 is 13.2 Å². The molecule has 6 heteroatoms. The molecule has 0 fully saturated rings. The summed E-state index contributed by atoms with van der Waals surface area (Å²) in [6, 6.07) is 9.30. The van der Waals surface area contributed by atoms with E-state index >= 15 is 0 Å². The van der Waals surface area contributed by atoms with Gasteiger partial charge in [-0.3, -0.25) is 4.98 Å². The van der Waals surface area contributed by atoms with Crippen molar-refractivity contribution in [1.29, 1.82) is 0 Å². The maximum Gasteiger partial charge on any atom is 0.414 e. The Kier molecular flexibility index (Phi) is 4.09. The van der Waals surface area contributed by atoms with E-state index in [2.05, 4.69) is 26.2 Å². The molecule has 1 N–H and O–H groups in total. The standard InChI is InChI=1S/C13H10BrF3N2/c14-9-6-7-11(18-8-9)12(13(15,16)17)19-10-4-2-1-3-5-10/h1-8,12,19H. The number of pyridine rings is 1. The normalized spacial score (nSPS) is 13.1. The highest BCUT2D eigenvalue weighted by molar-refractivity contribution is 9.10. The summed E-state index contributed by atoms with van der Waals surface area (Å²) in [5, 5.41) is 2.45. The predicted molar refractivity (Wildman–Crippen MR) is 70.8 cm³/mol. The largest absolute Gasteiger partial charge is 0.414 e. The zero-order valence-electron chi connectivity index (χ0n) is 9.66. The first-order valence-corrected chi connectivity index (χ1v) is 6.26. The van der Waals surface area contributed by atoms with Crippen molar-refractivity contribution >= 4 is 21.6 Å². The summed E-state index contributed by atoms with van der Waals surface area (Å²) in [6.07, 6.45) is -3.07. The van der Waals surface area contributed by atoms with E-state index in [1.807, 2.05) is 0 Å². The van der Waals surface area contributed by atoms with E-state index in [1.165, 1.54) is 18.3 Å².